The van der Waals surface area contributed by atoms with Gasteiger partial charge in [-0.05, 0) is 66.6 Å². The summed E-state index contributed by atoms with van der Waals surface area (Å²) in [5, 5.41) is 10.1. The maximum absolute atomic E-state index is 13.6. The number of amides is 1. The summed E-state index contributed by atoms with van der Waals surface area (Å²) < 4.78 is 12.4. The summed E-state index contributed by atoms with van der Waals surface area (Å²) in [5.74, 6) is 1.06. The van der Waals surface area contributed by atoms with E-state index in [-0.39, 0.29) is 18.6 Å². The topological polar surface area (TPSA) is 74.9 Å². The highest BCUT2D eigenvalue weighted by molar-refractivity contribution is 9.10. The lowest BCUT2D eigenvalue weighted by Crippen LogP contribution is -2.37. The van der Waals surface area contributed by atoms with Crippen molar-refractivity contribution >= 4 is 50.5 Å². The number of hydrogen-bond donors (Lipinski definition) is 0. The first-order chi connectivity index (χ1) is 18.6. The molecule has 192 valence electrons. The average Bonchev–Trinajstić information content (AvgIpc) is 3.57. The number of halogens is 1. The zero-order valence-electron chi connectivity index (χ0n) is 20.9. The summed E-state index contributed by atoms with van der Waals surface area (Å²) in [6, 6.07) is 23.1. The number of nitriles is 1. The molecule has 1 saturated heterocycles. The average molecular weight is 589 g/mol. The normalized spacial score (nSPS) is 17.8. The third-order valence-electron chi connectivity index (χ3n) is 6.60. The van der Waals surface area contributed by atoms with Crippen molar-refractivity contribution in [2.75, 3.05) is 7.11 Å². The molecule has 1 aliphatic heterocycles. The van der Waals surface area contributed by atoms with Gasteiger partial charge in [0.1, 0.15) is 6.61 Å². The fraction of sp³-hybridized carbons (Fsp3) is 0.233. The van der Waals surface area contributed by atoms with Crippen LogP contribution >= 0.6 is 27.7 Å². The summed E-state index contributed by atoms with van der Waals surface area (Å²) in [4.78, 5) is 20.9. The number of methoxy groups -OCH3 is 1. The van der Waals surface area contributed by atoms with Crippen molar-refractivity contribution in [1.82, 2.24) is 4.90 Å². The first kappa shape index (κ1) is 26.1. The number of hydrogen-bond acceptors (Lipinski definition) is 6. The van der Waals surface area contributed by atoms with E-state index in [0.717, 1.165) is 52.1 Å². The molecule has 1 saturated carbocycles. The van der Waals surface area contributed by atoms with E-state index in [2.05, 4.69) is 22.0 Å². The van der Waals surface area contributed by atoms with E-state index in [9.17, 15) is 10.1 Å². The van der Waals surface area contributed by atoms with E-state index in [0.29, 0.717) is 22.0 Å². The van der Waals surface area contributed by atoms with Crippen LogP contribution in [0.25, 0.3) is 6.08 Å². The Bertz CT molecular complexity index is 1440. The monoisotopic (exact) mass is 587 g/mol. The first-order valence-corrected chi connectivity index (χ1v) is 14.0. The Morgan fingerprint density at radius 3 is 2.58 bits per heavy atom. The minimum Gasteiger partial charge on any atom is -0.493 e. The third-order valence-corrected chi connectivity index (χ3v) is 8.27. The summed E-state index contributed by atoms with van der Waals surface area (Å²) in [6.45, 7) is 0.233. The minimum absolute atomic E-state index is 0.0177. The van der Waals surface area contributed by atoms with Gasteiger partial charge < -0.3 is 9.47 Å². The SMILES string of the molecule is COc1cc(/C=C2\SC(=Nc3ccccc3)N(C3CCCC3)C2=O)c(Br)cc1OCc1ccccc1C#N. The van der Waals surface area contributed by atoms with Crippen LogP contribution in [-0.4, -0.2) is 29.1 Å². The van der Waals surface area contributed by atoms with Crippen LogP contribution in [0.1, 0.15) is 42.4 Å². The molecule has 2 aliphatic rings. The highest BCUT2D eigenvalue weighted by atomic mass is 79.9. The van der Waals surface area contributed by atoms with Crippen molar-refractivity contribution < 1.29 is 14.3 Å². The third kappa shape index (κ3) is 5.64. The lowest BCUT2D eigenvalue weighted by Gasteiger charge is -2.22. The standard InChI is InChI=1S/C30H26BrN3O3S/c1-36-26-15-22(25(31)17-27(26)37-19-21-10-6-5-9-20(21)18-32)16-28-29(35)34(24-13-7-8-14-24)30(38-28)33-23-11-3-2-4-12-23/h2-6,9-12,15-17,24H,7-8,13-14,19H2,1H3/b28-16-,33-30?. The van der Waals surface area contributed by atoms with E-state index in [1.807, 2.05) is 71.6 Å². The number of rotatable bonds is 7. The molecule has 0 spiro atoms. The van der Waals surface area contributed by atoms with E-state index in [4.69, 9.17) is 14.5 Å². The van der Waals surface area contributed by atoms with Gasteiger partial charge in [-0.3, -0.25) is 9.69 Å². The van der Waals surface area contributed by atoms with Gasteiger partial charge in [-0.15, -0.1) is 0 Å². The van der Waals surface area contributed by atoms with Crippen LogP contribution < -0.4 is 9.47 Å². The molecular formula is C30H26BrN3O3S. The van der Waals surface area contributed by atoms with Gasteiger partial charge in [-0.25, -0.2) is 4.99 Å². The molecular weight excluding hydrogens is 562 g/mol. The Kier molecular flexibility index (Phi) is 8.16. The molecule has 38 heavy (non-hydrogen) atoms. The summed E-state index contributed by atoms with van der Waals surface area (Å²) in [5.41, 5.74) is 3.00. The fourth-order valence-corrected chi connectivity index (χ4v) is 6.13. The Morgan fingerprint density at radius 2 is 1.84 bits per heavy atom. The van der Waals surface area contributed by atoms with Crippen LogP contribution in [0.4, 0.5) is 5.69 Å². The van der Waals surface area contributed by atoms with E-state index in [1.165, 1.54) is 11.8 Å². The molecule has 3 aromatic rings. The molecule has 8 heteroatoms. The van der Waals surface area contributed by atoms with Gasteiger partial charge >= 0.3 is 0 Å². The van der Waals surface area contributed by atoms with Gasteiger partial charge in [-0.1, -0.05) is 65.2 Å². The summed E-state index contributed by atoms with van der Waals surface area (Å²) in [6.07, 6.45) is 6.11. The van der Waals surface area contributed by atoms with E-state index in [1.54, 1.807) is 13.2 Å². The van der Waals surface area contributed by atoms with Gasteiger partial charge in [0.15, 0.2) is 16.7 Å². The first-order valence-electron chi connectivity index (χ1n) is 12.4. The predicted molar refractivity (Wildman–Crippen MR) is 154 cm³/mol. The Balaban J connectivity index is 1.43. The number of ether oxygens (including phenoxy) is 2. The number of para-hydroxylation sites is 1. The zero-order valence-corrected chi connectivity index (χ0v) is 23.3. The lowest BCUT2D eigenvalue weighted by molar-refractivity contribution is -0.123. The zero-order chi connectivity index (χ0) is 26.5. The summed E-state index contributed by atoms with van der Waals surface area (Å²) in [7, 11) is 1.58. The number of carbonyl (C=O) groups is 1. The van der Waals surface area contributed by atoms with Gasteiger partial charge in [0.25, 0.3) is 5.91 Å². The number of aliphatic imine (C=N–C) groups is 1. The number of amidine groups is 1. The van der Waals surface area contributed by atoms with Gasteiger partial charge in [0, 0.05) is 16.1 Å². The van der Waals surface area contributed by atoms with E-state index < -0.39 is 0 Å². The molecule has 6 nitrogen and oxygen atoms in total. The number of thioether (sulfide) groups is 1. The molecule has 1 amide bonds. The molecule has 0 unspecified atom stereocenters. The molecule has 2 fully saturated rings. The highest BCUT2D eigenvalue weighted by Crippen LogP contribution is 2.41. The van der Waals surface area contributed by atoms with Crippen molar-refractivity contribution in [3.05, 3.63) is 92.8 Å². The summed E-state index contributed by atoms with van der Waals surface area (Å²) >= 11 is 5.05. The maximum Gasteiger partial charge on any atom is 0.267 e. The number of carbonyl (C=O) groups excluding carboxylic acids is 1. The molecule has 0 radical (unpaired) electrons. The largest absolute Gasteiger partial charge is 0.493 e. The molecule has 0 aromatic heterocycles. The van der Waals surface area contributed by atoms with Crippen LogP contribution in [0.15, 0.2) is 81.1 Å². The quantitative estimate of drug-likeness (QED) is 0.268. The molecule has 0 bridgehead atoms. The second-order valence-corrected chi connectivity index (χ2v) is 10.9. The van der Waals surface area contributed by atoms with Crippen molar-refractivity contribution in [3.63, 3.8) is 0 Å². The fourth-order valence-electron chi connectivity index (χ4n) is 4.65. The molecule has 3 aromatic carbocycles. The van der Waals surface area contributed by atoms with Crippen LogP contribution in [0.3, 0.4) is 0 Å². The molecule has 0 N–H and O–H groups in total. The maximum atomic E-state index is 13.6. The molecule has 1 aliphatic carbocycles. The van der Waals surface area contributed by atoms with Crippen molar-refractivity contribution in [2.45, 2.75) is 38.3 Å². The van der Waals surface area contributed by atoms with Gasteiger partial charge in [0.2, 0.25) is 0 Å². The molecule has 5 rings (SSSR count). The predicted octanol–water partition coefficient (Wildman–Crippen LogP) is 7.45. The second kappa shape index (κ2) is 11.9. The smallest absolute Gasteiger partial charge is 0.267 e. The van der Waals surface area contributed by atoms with Crippen LogP contribution in [0, 0.1) is 11.3 Å². The Labute approximate surface area is 235 Å². The Morgan fingerprint density at radius 1 is 1.11 bits per heavy atom. The highest BCUT2D eigenvalue weighted by Gasteiger charge is 2.39. The second-order valence-electron chi connectivity index (χ2n) is 9.04. The van der Waals surface area contributed by atoms with Crippen molar-refractivity contribution in [2.24, 2.45) is 4.99 Å². The Hall–Kier alpha value is -3.54. The van der Waals surface area contributed by atoms with Gasteiger partial charge in [0.05, 0.1) is 29.3 Å². The lowest BCUT2D eigenvalue weighted by atomic mass is 10.1. The van der Waals surface area contributed by atoms with E-state index >= 15 is 0 Å². The van der Waals surface area contributed by atoms with Crippen LogP contribution in [0.2, 0.25) is 0 Å². The van der Waals surface area contributed by atoms with Crippen molar-refractivity contribution in [1.29, 1.82) is 5.26 Å². The number of benzene rings is 3. The number of nitrogens with zero attached hydrogens (tertiary/aromatic N) is 3. The molecule has 1 heterocycles. The van der Waals surface area contributed by atoms with Crippen molar-refractivity contribution in [3.8, 4) is 17.6 Å². The van der Waals surface area contributed by atoms with Gasteiger partial charge in [-0.2, -0.15) is 5.26 Å². The van der Waals surface area contributed by atoms with Crippen LogP contribution in [-0.2, 0) is 11.4 Å². The minimum atomic E-state index is -0.0177. The van der Waals surface area contributed by atoms with Crippen LogP contribution in [0.5, 0.6) is 11.5 Å². The molecule has 0 atom stereocenters.